The molecule has 0 bridgehead atoms. The van der Waals surface area contributed by atoms with Gasteiger partial charge in [-0.2, -0.15) is 0 Å². The van der Waals surface area contributed by atoms with E-state index < -0.39 is 24.1 Å². The monoisotopic (exact) mass is 534 g/mol. The number of aliphatic hydroxyl groups excluding tert-OH is 2. The van der Waals surface area contributed by atoms with Gasteiger partial charge in [0.05, 0.1) is 36.6 Å². The van der Waals surface area contributed by atoms with Gasteiger partial charge in [-0.15, -0.1) is 0 Å². The minimum atomic E-state index is -0.973. The van der Waals surface area contributed by atoms with E-state index in [0.29, 0.717) is 5.92 Å². The van der Waals surface area contributed by atoms with E-state index in [1.165, 1.54) is 90.9 Å². The fraction of sp³-hybridized carbons (Fsp3) is 0.812. The Labute approximate surface area is 231 Å². The standard InChI is InChI=1S/C32H54O6/c1-6-7-8-9-26-12-16-29(17-13-26)30-18-14-27(15-19-30)10-11-28(20-37-31(35)22(2)24(4)33)21-38-32(36)23(3)25(5)34/h24-30,33-34H,2-3,6-21H2,1,4-5H3. The van der Waals surface area contributed by atoms with Crippen LogP contribution in [-0.4, -0.2) is 47.6 Å². The Bertz CT molecular complexity index is 705. The number of carbonyl (C=O) groups is 2. The van der Waals surface area contributed by atoms with Crippen molar-refractivity contribution in [3.05, 3.63) is 24.3 Å². The molecule has 2 aliphatic rings. The van der Waals surface area contributed by atoms with Crippen LogP contribution in [0.5, 0.6) is 0 Å². The van der Waals surface area contributed by atoms with Crippen molar-refractivity contribution in [2.24, 2.45) is 29.6 Å². The molecule has 2 unspecified atom stereocenters. The van der Waals surface area contributed by atoms with Crippen molar-refractivity contribution in [2.45, 2.75) is 123 Å². The van der Waals surface area contributed by atoms with Gasteiger partial charge in [0.2, 0.25) is 0 Å². The number of carbonyl (C=O) groups excluding carboxylic acids is 2. The summed E-state index contributed by atoms with van der Waals surface area (Å²) >= 11 is 0. The molecule has 2 fully saturated rings. The molecule has 218 valence electrons. The topological polar surface area (TPSA) is 93.1 Å². The van der Waals surface area contributed by atoms with Gasteiger partial charge in [-0.25, -0.2) is 9.59 Å². The number of hydrogen-bond donors (Lipinski definition) is 2. The van der Waals surface area contributed by atoms with Crippen LogP contribution in [0.4, 0.5) is 0 Å². The second kappa shape index (κ2) is 17.1. The van der Waals surface area contributed by atoms with Crippen LogP contribution >= 0.6 is 0 Å². The Kier molecular flexibility index (Phi) is 14.7. The first-order chi connectivity index (χ1) is 18.1. The van der Waals surface area contributed by atoms with Gasteiger partial charge in [-0.1, -0.05) is 71.4 Å². The number of hydrogen-bond acceptors (Lipinski definition) is 6. The van der Waals surface area contributed by atoms with Crippen molar-refractivity contribution in [1.29, 1.82) is 0 Å². The Morgan fingerprint density at radius 1 is 0.737 bits per heavy atom. The highest BCUT2D eigenvalue weighted by atomic mass is 16.5. The number of unbranched alkanes of at least 4 members (excludes halogenated alkanes) is 2. The molecule has 0 saturated heterocycles. The number of aliphatic hydroxyl groups is 2. The molecule has 0 aromatic rings. The lowest BCUT2D eigenvalue weighted by Gasteiger charge is -2.38. The SMILES string of the molecule is C=C(C(=O)OCC(CCC1CCC(C2CCC(CCCCC)CC2)CC1)COC(=O)C(=C)C(C)O)C(C)O. The molecule has 2 aliphatic carbocycles. The lowest BCUT2D eigenvalue weighted by atomic mass is 9.68. The molecule has 2 atom stereocenters. The fourth-order valence-electron chi connectivity index (χ4n) is 6.18. The minimum absolute atomic E-state index is 0.0107. The van der Waals surface area contributed by atoms with E-state index >= 15 is 0 Å². The molecule has 2 rings (SSSR count). The molecule has 0 aliphatic heterocycles. The van der Waals surface area contributed by atoms with Crippen molar-refractivity contribution in [3.8, 4) is 0 Å². The van der Waals surface area contributed by atoms with Crippen LogP contribution < -0.4 is 0 Å². The van der Waals surface area contributed by atoms with E-state index in [9.17, 15) is 19.8 Å². The number of rotatable bonds is 16. The summed E-state index contributed by atoms with van der Waals surface area (Å²) in [7, 11) is 0. The largest absolute Gasteiger partial charge is 0.462 e. The molecule has 38 heavy (non-hydrogen) atoms. The lowest BCUT2D eigenvalue weighted by Crippen LogP contribution is -2.27. The third-order valence-electron chi connectivity index (χ3n) is 9.08. The average Bonchev–Trinajstić information content (AvgIpc) is 2.92. The molecule has 0 radical (unpaired) electrons. The van der Waals surface area contributed by atoms with Crippen LogP contribution in [0.2, 0.25) is 0 Å². The number of ether oxygens (including phenoxy) is 2. The molecule has 2 N–H and O–H groups in total. The molecule has 0 aromatic heterocycles. The zero-order valence-electron chi connectivity index (χ0n) is 24.3. The van der Waals surface area contributed by atoms with Gasteiger partial charge in [0, 0.05) is 5.92 Å². The van der Waals surface area contributed by atoms with Crippen molar-refractivity contribution < 1.29 is 29.3 Å². The third kappa shape index (κ3) is 11.2. The summed E-state index contributed by atoms with van der Waals surface area (Å²) in [4.78, 5) is 24.3. The van der Waals surface area contributed by atoms with Gasteiger partial charge in [-0.3, -0.25) is 0 Å². The first-order valence-electron chi connectivity index (χ1n) is 15.2. The Hall–Kier alpha value is -1.66. The van der Waals surface area contributed by atoms with Gasteiger partial charge in [-0.05, 0) is 76.0 Å². The maximum atomic E-state index is 12.2. The zero-order valence-corrected chi connectivity index (χ0v) is 24.3. The van der Waals surface area contributed by atoms with E-state index in [1.54, 1.807) is 0 Å². The van der Waals surface area contributed by atoms with Crippen LogP contribution in [0, 0.1) is 29.6 Å². The van der Waals surface area contributed by atoms with Gasteiger partial charge in [0.1, 0.15) is 0 Å². The van der Waals surface area contributed by atoms with Crippen LogP contribution in [0.1, 0.15) is 111 Å². The highest BCUT2D eigenvalue weighted by molar-refractivity contribution is 5.89. The summed E-state index contributed by atoms with van der Waals surface area (Å²) in [6.45, 7) is 12.6. The van der Waals surface area contributed by atoms with E-state index in [4.69, 9.17) is 9.47 Å². The normalized spacial score (nSPS) is 26.1. The summed E-state index contributed by atoms with van der Waals surface area (Å²) in [5, 5.41) is 19.2. The summed E-state index contributed by atoms with van der Waals surface area (Å²) in [5.41, 5.74) is 0.0214. The molecule has 0 amide bonds. The van der Waals surface area contributed by atoms with Gasteiger partial charge in [0.15, 0.2) is 0 Å². The van der Waals surface area contributed by atoms with Crippen molar-refractivity contribution in [2.75, 3.05) is 13.2 Å². The molecular weight excluding hydrogens is 480 g/mol. The van der Waals surface area contributed by atoms with Crippen molar-refractivity contribution >= 4 is 11.9 Å². The predicted octanol–water partition coefficient (Wildman–Crippen LogP) is 6.54. The fourth-order valence-corrected chi connectivity index (χ4v) is 6.18. The Balaban J connectivity index is 1.78. The van der Waals surface area contributed by atoms with E-state index in [1.807, 2.05) is 0 Å². The van der Waals surface area contributed by atoms with Crippen molar-refractivity contribution in [3.63, 3.8) is 0 Å². The predicted molar refractivity (Wildman–Crippen MR) is 151 cm³/mol. The molecule has 6 heteroatoms. The summed E-state index contributed by atoms with van der Waals surface area (Å²) in [6.07, 6.45) is 16.2. The van der Waals surface area contributed by atoms with Crippen LogP contribution in [0.25, 0.3) is 0 Å². The molecule has 0 heterocycles. The third-order valence-corrected chi connectivity index (χ3v) is 9.08. The zero-order chi connectivity index (χ0) is 28.1. The average molecular weight is 535 g/mol. The molecule has 0 aromatic carbocycles. The summed E-state index contributed by atoms with van der Waals surface area (Å²) < 4.78 is 10.8. The lowest BCUT2D eigenvalue weighted by molar-refractivity contribution is -0.145. The molecule has 6 nitrogen and oxygen atoms in total. The Morgan fingerprint density at radius 3 is 1.55 bits per heavy atom. The van der Waals surface area contributed by atoms with E-state index in [0.717, 1.165) is 30.6 Å². The molecule has 2 saturated carbocycles. The van der Waals surface area contributed by atoms with Crippen LogP contribution in [-0.2, 0) is 19.1 Å². The smallest absolute Gasteiger partial charge is 0.336 e. The van der Waals surface area contributed by atoms with Gasteiger partial charge < -0.3 is 19.7 Å². The van der Waals surface area contributed by atoms with Crippen LogP contribution in [0.3, 0.4) is 0 Å². The second-order valence-corrected chi connectivity index (χ2v) is 12.1. The highest BCUT2D eigenvalue weighted by Gasteiger charge is 2.31. The van der Waals surface area contributed by atoms with Gasteiger partial charge >= 0.3 is 11.9 Å². The second-order valence-electron chi connectivity index (χ2n) is 12.1. The van der Waals surface area contributed by atoms with Gasteiger partial charge in [0.25, 0.3) is 0 Å². The first kappa shape index (κ1) is 32.6. The quantitative estimate of drug-likeness (QED) is 0.133. The minimum Gasteiger partial charge on any atom is -0.462 e. The molecular formula is C32H54O6. The van der Waals surface area contributed by atoms with Crippen LogP contribution in [0.15, 0.2) is 24.3 Å². The first-order valence-corrected chi connectivity index (χ1v) is 15.2. The Morgan fingerprint density at radius 2 is 1.16 bits per heavy atom. The molecule has 0 spiro atoms. The summed E-state index contributed by atoms with van der Waals surface area (Å²) in [5.74, 6) is 1.96. The maximum Gasteiger partial charge on any atom is 0.336 e. The summed E-state index contributed by atoms with van der Waals surface area (Å²) in [6, 6.07) is 0. The number of esters is 2. The highest BCUT2D eigenvalue weighted by Crippen LogP contribution is 2.43. The van der Waals surface area contributed by atoms with E-state index in [-0.39, 0.29) is 30.3 Å². The van der Waals surface area contributed by atoms with E-state index in [2.05, 4.69) is 20.1 Å². The van der Waals surface area contributed by atoms with Crippen molar-refractivity contribution in [1.82, 2.24) is 0 Å². The maximum absolute atomic E-state index is 12.2.